The molecule has 0 unspecified atom stereocenters. The van der Waals surface area contributed by atoms with E-state index in [1.165, 1.54) is 0 Å². The molecule has 1 saturated heterocycles. The Bertz CT molecular complexity index is 2860. The summed E-state index contributed by atoms with van der Waals surface area (Å²) in [7, 11) is 0. The highest BCUT2D eigenvalue weighted by molar-refractivity contribution is 14.1. The number of urea groups is 1. The van der Waals surface area contributed by atoms with Gasteiger partial charge in [0.15, 0.2) is 6.23 Å². The summed E-state index contributed by atoms with van der Waals surface area (Å²) in [6.45, 7) is 0.915. The van der Waals surface area contributed by atoms with Crippen molar-refractivity contribution in [1.29, 1.82) is 0 Å². The van der Waals surface area contributed by atoms with Crippen molar-refractivity contribution in [3.05, 3.63) is 81.4 Å². The number of hydrogen-bond donors (Lipinski definition) is 11. The molecular formula is C59H79IN10O18. The molecule has 2 fully saturated rings. The van der Waals surface area contributed by atoms with E-state index in [0.29, 0.717) is 32.1 Å². The van der Waals surface area contributed by atoms with E-state index in [1.807, 2.05) is 66.7 Å². The van der Waals surface area contributed by atoms with Crippen LogP contribution >= 0.6 is 22.6 Å². The molecule has 1 saturated carbocycles. The number of rotatable bonds is 33. The molecule has 1 aliphatic heterocycles. The van der Waals surface area contributed by atoms with Crippen molar-refractivity contribution in [2.75, 3.05) is 91.6 Å². The minimum atomic E-state index is -1.88. The number of amides is 6. The van der Waals surface area contributed by atoms with Crippen LogP contribution in [-0.4, -0.2) is 233 Å². The molecular weight excluding hydrogens is 1260 g/mol. The third-order valence-electron chi connectivity index (χ3n) is 15.2. The van der Waals surface area contributed by atoms with Crippen LogP contribution < -0.4 is 31.9 Å². The van der Waals surface area contributed by atoms with Gasteiger partial charge in [0.1, 0.15) is 18.1 Å². The zero-order chi connectivity index (χ0) is 64.1. The first-order valence-electron chi connectivity index (χ1n) is 29.1. The van der Waals surface area contributed by atoms with Gasteiger partial charge in [-0.1, -0.05) is 54.6 Å². The number of hydrogen-bond acceptors (Lipinski definition) is 17. The van der Waals surface area contributed by atoms with Crippen molar-refractivity contribution in [2.45, 2.75) is 95.0 Å². The van der Waals surface area contributed by atoms with Gasteiger partial charge in [0, 0.05) is 101 Å². The second-order valence-corrected chi connectivity index (χ2v) is 23.2. The topological polar surface area (TPSA) is 400 Å². The van der Waals surface area contributed by atoms with Gasteiger partial charge in [0.25, 0.3) is 12.3 Å². The lowest BCUT2D eigenvalue weighted by molar-refractivity contribution is -0.150. The number of carboxylic acids is 5. The average Bonchev–Trinajstić information content (AvgIpc) is 2.18. The number of benzene rings is 3. The summed E-state index contributed by atoms with van der Waals surface area (Å²) in [6, 6.07) is 16.2. The number of unbranched alkanes of at least 4 members (excludes halogenated alkanes) is 1. The van der Waals surface area contributed by atoms with Crippen LogP contribution in [-0.2, 0) is 70.3 Å². The Balaban J connectivity index is 1.18. The van der Waals surface area contributed by atoms with Gasteiger partial charge in [-0.05, 0) is 107 Å². The SMILES string of the molecule is O=CO[C@H](CCCCNC(=O)[C@H](Cc1ccc2ccccc2c1)NC(=O)[C@H]1CC[C@H](CNC(=O)[C@H](Cc2ccc(I)cc2)NC(=O)CN2CCN(CC(=O)O)CCN(CC(=O)O)CCN(CC(=O)O)CC2)CC1)NC(=O)N[C@@H](CCC(=O)O)C(=O)C(=O)O. The number of ketones is 1. The summed E-state index contributed by atoms with van der Waals surface area (Å²) in [5, 5.41) is 65.1. The normalized spacial score (nSPS) is 17.8. The van der Waals surface area contributed by atoms with Gasteiger partial charge in [-0.2, -0.15) is 0 Å². The van der Waals surface area contributed by atoms with Gasteiger partial charge in [-0.15, -0.1) is 0 Å². The fraction of sp³-hybridized carbons (Fsp3) is 0.525. The Morgan fingerprint density at radius 3 is 1.62 bits per heavy atom. The van der Waals surface area contributed by atoms with E-state index in [9.17, 15) is 72.9 Å². The van der Waals surface area contributed by atoms with E-state index < -0.39 is 102 Å². The van der Waals surface area contributed by atoms with Crippen LogP contribution in [0.15, 0.2) is 66.7 Å². The molecule has 88 heavy (non-hydrogen) atoms. The molecule has 28 nitrogen and oxygen atoms in total. The fourth-order valence-corrected chi connectivity index (χ4v) is 10.8. The predicted molar refractivity (Wildman–Crippen MR) is 324 cm³/mol. The number of carboxylic acid groups (broad SMARTS) is 5. The minimum Gasteiger partial charge on any atom is -0.481 e. The van der Waals surface area contributed by atoms with E-state index in [0.717, 1.165) is 25.5 Å². The van der Waals surface area contributed by atoms with E-state index in [-0.39, 0.29) is 136 Å². The number of carbonyl (C=O) groups is 12. The van der Waals surface area contributed by atoms with Crippen LogP contribution in [0.2, 0.25) is 0 Å². The molecule has 29 heteroatoms. The number of aliphatic carboxylic acids is 5. The fourth-order valence-electron chi connectivity index (χ4n) is 10.5. The second kappa shape index (κ2) is 37.1. The number of nitrogens with one attached hydrogen (secondary N) is 6. The third kappa shape index (κ3) is 26.2. The molecule has 6 amide bonds. The first-order chi connectivity index (χ1) is 42.0. The van der Waals surface area contributed by atoms with Gasteiger partial charge >= 0.3 is 35.9 Å². The molecule has 11 N–H and O–H groups in total. The molecule has 0 aromatic heterocycles. The van der Waals surface area contributed by atoms with Gasteiger partial charge in [0.2, 0.25) is 23.6 Å². The number of carbonyl (C=O) groups excluding carboxylic acids is 7. The minimum absolute atomic E-state index is 0.0247. The zero-order valence-corrected chi connectivity index (χ0v) is 50.9. The standard InChI is InChI=1S/C59H79IN10O18/c60-44-16-11-38(12-17-44)30-46(63-48(72)33-67-21-23-68(34-51(75)76)25-27-70(36-53(79)80)28-26-69(24-22-67)35-52(77)78)57(84)62-32-39-8-14-42(15-9-39)55(82)64-47(31-40-10-13-41-5-1-2-6-43(41)29-40)56(83)61-20-4-3-7-49(88-37-71)66-59(87)65-45(18-19-50(73)74)54(81)58(85)86/h1-2,5-6,10-13,16-17,29,37,39,42,45-47,49H,3-4,7-9,14-15,18-28,30-36H2,(H,61,83)(H,62,84)(H,63,72)(H,64,82)(H,73,74)(H,75,76)(H,77,78)(H,79,80)(H,85,86)(H2,65,66,87)/t39-,42-,45-,46-,47-,49+/m0/s1. The van der Waals surface area contributed by atoms with Crippen molar-refractivity contribution in [3.8, 4) is 0 Å². The lowest BCUT2D eigenvalue weighted by Crippen LogP contribution is -2.53. The molecule has 3 aromatic rings. The van der Waals surface area contributed by atoms with Gasteiger partial charge in [-0.25, -0.2) is 9.59 Å². The van der Waals surface area contributed by atoms with Crippen molar-refractivity contribution >= 4 is 105 Å². The molecule has 480 valence electrons. The highest BCUT2D eigenvalue weighted by Gasteiger charge is 2.32. The lowest BCUT2D eigenvalue weighted by Gasteiger charge is -2.33. The van der Waals surface area contributed by atoms with Gasteiger partial charge in [-0.3, -0.25) is 67.5 Å². The van der Waals surface area contributed by atoms with E-state index in [4.69, 9.17) is 14.9 Å². The maximum absolute atomic E-state index is 14.1. The Kier molecular flexibility index (Phi) is 29.9. The van der Waals surface area contributed by atoms with Crippen LogP contribution in [0.25, 0.3) is 10.8 Å². The first kappa shape index (κ1) is 70.9. The van der Waals surface area contributed by atoms with Crippen molar-refractivity contribution < 1.29 is 87.8 Å². The smallest absolute Gasteiger partial charge is 0.374 e. The molecule has 2 aliphatic rings. The molecule has 5 rings (SSSR count). The molecule has 0 radical (unpaired) electrons. The monoisotopic (exact) mass is 1340 g/mol. The molecule has 0 spiro atoms. The lowest BCUT2D eigenvalue weighted by atomic mass is 9.81. The molecule has 1 heterocycles. The van der Waals surface area contributed by atoms with Crippen LogP contribution in [0.5, 0.6) is 0 Å². The second-order valence-electron chi connectivity index (χ2n) is 21.9. The molecule has 4 atom stereocenters. The van der Waals surface area contributed by atoms with E-state index >= 15 is 0 Å². The summed E-state index contributed by atoms with van der Waals surface area (Å²) in [6.07, 6.45) is 0.620. The molecule has 3 aromatic carbocycles. The highest BCUT2D eigenvalue weighted by Crippen LogP contribution is 2.29. The maximum atomic E-state index is 14.1. The summed E-state index contributed by atoms with van der Waals surface area (Å²) >= 11 is 2.17. The Hall–Kier alpha value is -7.87. The first-order valence-corrected chi connectivity index (χ1v) is 30.2. The summed E-state index contributed by atoms with van der Waals surface area (Å²) in [5.41, 5.74) is 1.58. The van der Waals surface area contributed by atoms with Gasteiger partial charge < -0.3 is 62.2 Å². The number of ether oxygens (including phenoxy) is 1. The van der Waals surface area contributed by atoms with E-state index in [2.05, 4.69) is 54.5 Å². The Labute approximate surface area is 521 Å². The van der Waals surface area contributed by atoms with Crippen molar-refractivity contribution in [1.82, 2.24) is 51.5 Å². The van der Waals surface area contributed by atoms with Crippen LogP contribution in [0.3, 0.4) is 0 Å². The summed E-state index contributed by atoms with van der Waals surface area (Å²) in [5.74, 6) is -10.1. The van der Waals surface area contributed by atoms with Crippen molar-refractivity contribution in [3.63, 3.8) is 0 Å². The average molecular weight is 1340 g/mol. The summed E-state index contributed by atoms with van der Waals surface area (Å²) < 4.78 is 5.92. The highest BCUT2D eigenvalue weighted by atomic mass is 127. The molecule has 1 aliphatic carbocycles. The van der Waals surface area contributed by atoms with Crippen LogP contribution in [0, 0.1) is 15.4 Å². The largest absolute Gasteiger partial charge is 0.481 e. The maximum Gasteiger partial charge on any atom is 0.374 e. The number of nitrogens with zero attached hydrogens (tertiary/aromatic N) is 4. The third-order valence-corrected chi connectivity index (χ3v) is 16.0. The van der Waals surface area contributed by atoms with E-state index in [1.54, 1.807) is 19.6 Å². The Morgan fingerprint density at radius 1 is 0.557 bits per heavy atom. The Morgan fingerprint density at radius 2 is 1.08 bits per heavy atom. The van der Waals surface area contributed by atoms with Gasteiger partial charge in [0.05, 0.1) is 26.2 Å². The van der Waals surface area contributed by atoms with Crippen LogP contribution in [0.4, 0.5) is 4.79 Å². The molecule has 0 bridgehead atoms. The number of fused-ring (bicyclic) bond motifs is 1. The van der Waals surface area contributed by atoms with Crippen molar-refractivity contribution in [2.24, 2.45) is 11.8 Å². The van der Waals surface area contributed by atoms with Crippen LogP contribution in [0.1, 0.15) is 68.9 Å². The number of halogens is 1. The quantitative estimate of drug-likeness (QED) is 0.0131. The predicted octanol–water partition coefficient (Wildman–Crippen LogP) is 0.569. The zero-order valence-electron chi connectivity index (χ0n) is 48.8. The number of Topliss-reactive ketones (excluding diaryl/α,β-unsaturated/α-hetero) is 1. The summed E-state index contributed by atoms with van der Waals surface area (Å²) in [4.78, 5) is 156.